The van der Waals surface area contributed by atoms with Crippen LogP contribution in [-0.4, -0.2) is 17.0 Å². The van der Waals surface area contributed by atoms with E-state index < -0.39 is 6.10 Å². The molecule has 0 aromatic heterocycles. The molecule has 0 rings (SSSR count). The Hall–Kier alpha value is -0.370. The maximum atomic E-state index is 10.8. The molecule has 0 heterocycles. The summed E-state index contributed by atoms with van der Waals surface area (Å²) in [7, 11) is 0. The summed E-state index contributed by atoms with van der Waals surface area (Å²) in [5.74, 6) is -0.0532. The number of hydrogen-bond acceptors (Lipinski definition) is 2. The van der Waals surface area contributed by atoms with Crippen LogP contribution in [0.2, 0.25) is 0 Å². The van der Waals surface area contributed by atoms with Gasteiger partial charge in [0, 0.05) is 5.92 Å². The normalized spacial score (nSPS) is 16.9. The van der Waals surface area contributed by atoms with Crippen LogP contribution in [0.25, 0.3) is 0 Å². The van der Waals surface area contributed by atoms with E-state index >= 15 is 0 Å². The fourth-order valence-electron chi connectivity index (χ4n) is 0.613. The average Bonchev–Trinajstić information content (AvgIpc) is 1.84. The standard InChI is InChI=1S/C7H14O2/c1-4-5(2)7(9)6(3)8/h5-6,8H,4H2,1-3H3/t5?,6-/m0/s1. The number of carbonyl (C=O) groups is 1. The molecule has 0 aliphatic rings. The van der Waals surface area contributed by atoms with Crippen LogP contribution in [0.3, 0.4) is 0 Å². The molecule has 2 atom stereocenters. The second-order valence-electron chi connectivity index (χ2n) is 2.39. The van der Waals surface area contributed by atoms with Gasteiger partial charge in [0.25, 0.3) is 0 Å². The largest absolute Gasteiger partial charge is 0.386 e. The average molecular weight is 130 g/mol. The van der Waals surface area contributed by atoms with Crippen LogP contribution in [0.15, 0.2) is 0 Å². The van der Waals surface area contributed by atoms with Gasteiger partial charge in [-0.05, 0) is 13.3 Å². The lowest BCUT2D eigenvalue weighted by Gasteiger charge is -2.08. The van der Waals surface area contributed by atoms with Gasteiger partial charge in [-0.3, -0.25) is 4.79 Å². The second kappa shape index (κ2) is 3.62. The summed E-state index contributed by atoms with van der Waals surface area (Å²) in [6.07, 6.45) is 0.0175. The zero-order chi connectivity index (χ0) is 7.44. The maximum absolute atomic E-state index is 10.8. The Morgan fingerprint density at radius 3 is 2.11 bits per heavy atom. The van der Waals surface area contributed by atoms with Gasteiger partial charge >= 0.3 is 0 Å². The summed E-state index contributed by atoms with van der Waals surface area (Å²) in [4.78, 5) is 10.8. The smallest absolute Gasteiger partial charge is 0.163 e. The highest BCUT2D eigenvalue weighted by molar-refractivity contribution is 5.84. The van der Waals surface area contributed by atoms with Gasteiger partial charge in [-0.1, -0.05) is 13.8 Å². The third kappa shape index (κ3) is 2.61. The van der Waals surface area contributed by atoms with Gasteiger partial charge in [0.05, 0.1) is 0 Å². The SMILES string of the molecule is CCC(C)C(=O)[C@H](C)O. The fourth-order valence-corrected chi connectivity index (χ4v) is 0.613. The van der Waals surface area contributed by atoms with Gasteiger partial charge in [-0.25, -0.2) is 0 Å². The summed E-state index contributed by atoms with van der Waals surface area (Å²) in [6.45, 7) is 5.27. The van der Waals surface area contributed by atoms with Crippen molar-refractivity contribution in [2.45, 2.75) is 33.3 Å². The molecule has 0 aromatic carbocycles. The molecule has 0 radical (unpaired) electrons. The molecule has 2 nitrogen and oxygen atoms in total. The topological polar surface area (TPSA) is 37.3 Å². The highest BCUT2D eigenvalue weighted by Gasteiger charge is 2.14. The number of hydrogen-bond donors (Lipinski definition) is 1. The molecule has 0 aliphatic carbocycles. The van der Waals surface area contributed by atoms with Crippen molar-refractivity contribution in [3.63, 3.8) is 0 Å². The highest BCUT2D eigenvalue weighted by atomic mass is 16.3. The van der Waals surface area contributed by atoms with Crippen molar-refractivity contribution in [2.75, 3.05) is 0 Å². The molecule has 0 aliphatic heterocycles. The van der Waals surface area contributed by atoms with Crippen LogP contribution < -0.4 is 0 Å². The Morgan fingerprint density at radius 2 is 2.00 bits per heavy atom. The Morgan fingerprint density at radius 1 is 1.56 bits per heavy atom. The lowest BCUT2D eigenvalue weighted by atomic mass is 10.0. The number of ketones is 1. The Balaban J connectivity index is 3.73. The van der Waals surface area contributed by atoms with Crippen molar-refractivity contribution in [3.8, 4) is 0 Å². The minimum absolute atomic E-state index is 0.00463. The zero-order valence-electron chi connectivity index (χ0n) is 6.22. The number of aliphatic hydroxyl groups excluding tert-OH is 1. The molecule has 2 heteroatoms. The predicted octanol–water partition coefficient (Wildman–Crippen LogP) is 0.982. The van der Waals surface area contributed by atoms with E-state index in [1.54, 1.807) is 0 Å². The lowest BCUT2D eigenvalue weighted by molar-refractivity contribution is -0.129. The quantitative estimate of drug-likeness (QED) is 0.618. The van der Waals surface area contributed by atoms with Crippen LogP contribution in [0, 0.1) is 5.92 Å². The van der Waals surface area contributed by atoms with Crippen molar-refractivity contribution < 1.29 is 9.90 Å². The van der Waals surface area contributed by atoms with E-state index in [9.17, 15) is 4.79 Å². The van der Waals surface area contributed by atoms with Crippen LogP contribution in [0.1, 0.15) is 27.2 Å². The van der Waals surface area contributed by atoms with Gasteiger partial charge < -0.3 is 5.11 Å². The first-order chi connectivity index (χ1) is 4.09. The molecular weight excluding hydrogens is 116 g/mol. The highest BCUT2D eigenvalue weighted by Crippen LogP contribution is 2.04. The number of carbonyl (C=O) groups excluding carboxylic acids is 1. The van der Waals surface area contributed by atoms with Crippen molar-refractivity contribution in [2.24, 2.45) is 5.92 Å². The van der Waals surface area contributed by atoms with Gasteiger partial charge in [-0.15, -0.1) is 0 Å². The summed E-state index contributed by atoms with van der Waals surface area (Å²) >= 11 is 0. The number of aliphatic hydroxyl groups is 1. The third-order valence-corrected chi connectivity index (χ3v) is 1.51. The molecule has 0 fully saturated rings. The van der Waals surface area contributed by atoms with Gasteiger partial charge in [0.1, 0.15) is 6.10 Å². The zero-order valence-corrected chi connectivity index (χ0v) is 6.22. The van der Waals surface area contributed by atoms with Gasteiger partial charge in [0.15, 0.2) is 5.78 Å². The van der Waals surface area contributed by atoms with Crippen molar-refractivity contribution in [1.29, 1.82) is 0 Å². The molecule has 0 spiro atoms. The van der Waals surface area contributed by atoms with Crippen LogP contribution >= 0.6 is 0 Å². The summed E-state index contributed by atoms with van der Waals surface area (Å²) in [5.41, 5.74) is 0. The van der Waals surface area contributed by atoms with Crippen LogP contribution in [0.4, 0.5) is 0 Å². The molecule has 0 saturated carbocycles. The lowest BCUT2D eigenvalue weighted by Crippen LogP contribution is -2.22. The molecule has 0 amide bonds. The van der Waals surface area contributed by atoms with E-state index in [0.29, 0.717) is 0 Å². The maximum Gasteiger partial charge on any atom is 0.163 e. The fraction of sp³-hybridized carbons (Fsp3) is 0.857. The predicted molar refractivity (Wildman–Crippen MR) is 36.1 cm³/mol. The Bertz CT molecular complexity index is 97.1. The van der Waals surface area contributed by atoms with Crippen molar-refractivity contribution >= 4 is 5.78 Å². The number of Topliss-reactive ketones (excluding diaryl/α,β-unsaturated/α-hetero) is 1. The molecule has 0 aromatic rings. The van der Waals surface area contributed by atoms with Crippen molar-refractivity contribution in [1.82, 2.24) is 0 Å². The molecule has 1 unspecified atom stereocenters. The summed E-state index contributed by atoms with van der Waals surface area (Å²) in [5, 5.41) is 8.77. The molecule has 0 saturated heterocycles. The minimum Gasteiger partial charge on any atom is -0.386 e. The monoisotopic (exact) mass is 130 g/mol. The number of rotatable bonds is 3. The third-order valence-electron chi connectivity index (χ3n) is 1.51. The van der Waals surface area contributed by atoms with Gasteiger partial charge in [0.2, 0.25) is 0 Å². The minimum atomic E-state index is -0.792. The first-order valence-corrected chi connectivity index (χ1v) is 3.31. The van der Waals surface area contributed by atoms with E-state index in [-0.39, 0.29) is 11.7 Å². The van der Waals surface area contributed by atoms with Gasteiger partial charge in [-0.2, -0.15) is 0 Å². The Labute approximate surface area is 55.9 Å². The molecular formula is C7H14O2. The van der Waals surface area contributed by atoms with Crippen LogP contribution in [0.5, 0.6) is 0 Å². The van der Waals surface area contributed by atoms with E-state index in [4.69, 9.17) is 5.11 Å². The van der Waals surface area contributed by atoms with E-state index in [0.717, 1.165) is 6.42 Å². The van der Waals surface area contributed by atoms with E-state index in [1.165, 1.54) is 6.92 Å². The van der Waals surface area contributed by atoms with Crippen molar-refractivity contribution in [3.05, 3.63) is 0 Å². The summed E-state index contributed by atoms with van der Waals surface area (Å²) in [6, 6.07) is 0. The summed E-state index contributed by atoms with van der Waals surface area (Å²) < 4.78 is 0. The molecule has 0 bridgehead atoms. The first-order valence-electron chi connectivity index (χ1n) is 3.31. The second-order valence-corrected chi connectivity index (χ2v) is 2.39. The molecule has 54 valence electrons. The Kier molecular flexibility index (Phi) is 3.47. The van der Waals surface area contributed by atoms with E-state index in [1.807, 2.05) is 13.8 Å². The van der Waals surface area contributed by atoms with Crippen LogP contribution in [-0.2, 0) is 4.79 Å². The molecule has 9 heavy (non-hydrogen) atoms. The first kappa shape index (κ1) is 8.63. The molecule has 1 N–H and O–H groups in total. The van der Waals surface area contributed by atoms with E-state index in [2.05, 4.69) is 0 Å².